The van der Waals surface area contributed by atoms with Crippen LogP contribution in [0.3, 0.4) is 0 Å². The summed E-state index contributed by atoms with van der Waals surface area (Å²) < 4.78 is 5.17. The van der Waals surface area contributed by atoms with Crippen molar-refractivity contribution in [2.24, 2.45) is 5.73 Å². The van der Waals surface area contributed by atoms with Crippen LogP contribution in [0.5, 0.6) is 5.88 Å². The van der Waals surface area contributed by atoms with E-state index in [2.05, 4.69) is 10.2 Å². The predicted octanol–water partition coefficient (Wildman–Crippen LogP) is 0.767. The van der Waals surface area contributed by atoms with Crippen LogP contribution in [0.2, 0.25) is 0 Å². The van der Waals surface area contributed by atoms with Crippen molar-refractivity contribution in [1.82, 2.24) is 10.2 Å². The van der Waals surface area contributed by atoms with Gasteiger partial charge in [-0.3, -0.25) is 0 Å². The van der Waals surface area contributed by atoms with Crippen molar-refractivity contribution < 1.29 is 4.74 Å². The number of hydrogen-bond acceptors (Lipinski definition) is 4. The fourth-order valence-corrected chi connectivity index (χ4v) is 0.989. The minimum absolute atomic E-state index is 0.582. The molecule has 0 amide bonds. The first-order valence-electron chi connectivity index (χ1n) is 4.52. The first kappa shape index (κ1) is 9.92. The maximum atomic E-state index is 5.38. The lowest BCUT2D eigenvalue weighted by atomic mass is 10.2. The van der Waals surface area contributed by atoms with E-state index >= 15 is 0 Å². The number of aryl methyl sites for hydroxylation is 1. The average molecular weight is 181 g/mol. The zero-order valence-electron chi connectivity index (χ0n) is 7.86. The fourth-order valence-electron chi connectivity index (χ4n) is 0.989. The molecule has 0 aliphatic rings. The highest BCUT2D eigenvalue weighted by atomic mass is 16.5. The molecule has 0 fully saturated rings. The van der Waals surface area contributed by atoms with Crippen LogP contribution in [0, 0.1) is 0 Å². The van der Waals surface area contributed by atoms with Crippen LogP contribution in [0.15, 0.2) is 12.1 Å². The molecule has 1 aromatic rings. The summed E-state index contributed by atoms with van der Waals surface area (Å²) in [7, 11) is 0. The summed E-state index contributed by atoms with van der Waals surface area (Å²) in [5.41, 5.74) is 6.35. The van der Waals surface area contributed by atoms with Gasteiger partial charge >= 0.3 is 0 Å². The van der Waals surface area contributed by atoms with Crippen LogP contribution >= 0.6 is 0 Å². The van der Waals surface area contributed by atoms with Gasteiger partial charge in [-0.25, -0.2) is 0 Å². The Labute approximate surface area is 78.1 Å². The Bertz CT molecular complexity index is 235. The van der Waals surface area contributed by atoms with Crippen molar-refractivity contribution in [2.45, 2.75) is 19.8 Å². The normalized spacial score (nSPS) is 10.0. The number of rotatable bonds is 5. The molecule has 0 spiro atoms. The third-order valence-corrected chi connectivity index (χ3v) is 1.62. The molecule has 0 aliphatic heterocycles. The predicted molar refractivity (Wildman–Crippen MR) is 50.6 cm³/mol. The van der Waals surface area contributed by atoms with E-state index in [1.807, 2.05) is 19.1 Å². The molecule has 4 heteroatoms. The summed E-state index contributed by atoms with van der Waals surface area (Å²) in [5.74, 6) is 0.582. The molecule has 0 bridgehead atoms. The molecule has 0 saturated carbocycles. The van der Waals surface area contributed by atoms with E-state index in [-0.39, 0.29) is 0 Å². The lowest BCUT2D eigenvalue weighted by molar-refractivity contribution is 0.322. The zero-order valence-corrected chi connectivity index (χ0v) is 7.86. The van der Waals surface area contributed by atoms with Crippen LogP contribution in [0.1, 0.15) is 19.0 Å². The monoisotopic (exact) mass is 181 g/mol. The first-order valence-corrected chi connectivity index (χ1v) is 4.52. The minimum Gasteiger partial charge on any atom is -0.477 e. The number of aromatic nitrogens is 2. The van der Waals surface area contributed by atoms with Crippen molar-refractivity contribution >= 4 is 0 Å². The van der Waals surface area contributed by atoms with E-state index in [0.29, 0.717) is 19.0 Å². The Morgan fingerprint density at radius 3 is 2.77 bits per heavy atom. The van der Waals surface area contributed by atoms with E-state index in [0.717, 1.165) is 18.5 Å². The summed E-state index contributed by atoms with van der Waals surface area (Å²) >= 11 is 0. The third kappa shape index (κ3) is 3.38. The molecule has 2 N–H and O–H groups in total. The third-order valence-electron chi connectivity index (χ3n) is 1.62. The van der Waals surface area contributed by atoms with E-state index in [1.54, 1.807) is 0 Å². The van der Waals surface area contributed by atoms with E-state index in [1.165, 1.54) is 0 Å². The summed E-state index contributed by atoms with van der Waals surface area (Å²) in [6, 6.07) is 3.76. The van der Waals surface area contributed by atoms with Crippen LogP contribution in [-0.4, -0.2) is 23.3 Å². The van der Waals surface area contributed by atoms with Gasteiger partial charge in [0.1, 0.15) is 0 Å². The number of nitrogens with zero attached hydrogens (tertiary/aromatic N) is 2. The fraction of sp³-hybridized carbons (Fsp3) is 0.556. The second-order valence-electron chi connectivity index (χ2n) is 2.69. The summed E-state index contributed by atoms with van der Waals surface area (Å²) in [4.78, 5) is 0. The van der Waals surface area contributed by atoms with Gasteiger partial charge in [0.15, 0.2) is 0 Å². The molecule has 1 heterocycles. The molecule has 4 nitrogen and oxygen atoms in total. The molecule has 1 rings (SSSR count). The lowest BCUT2D eigenvalue weighted by Crippen LogP contribution is -2.03. The van der Waals surface area contributed by atoms with Gasteiger partial charge in [0.25, 0.3) is 0 Å². The minimum atomic E-state index is 0.582. The second-order valence-corrected chi connectivity index (χ2v) is 2.69. The van der Waals surface area contributed by atoms with E-state index in [9.17, 15) is 0 Å². The van der Waals surface area contributed by atoms with Crippen LogP contribution < -0.4 is 10.5 Å². The van der Waals surface area contributed by atoms with Crippen molar-refractivity contribution in [2.75, 3.05) is 13.2 Å². The molecule has 0 atom stereocenters. The summed E-state index contributed by atoms with van der Waals surface area (Å²) in [6.45, 7) is 3.23. The van der Waals surface area contributed by atoms with Gasteiger partial charge in [0.2, 0.25) is 5.88 Å². The maximum Gasteiger partial charge on any atom is 0.233 e. The van der Waals surface area contributed by atoms with Gasteiger partial charge in [-0.2, -0.15) is 5.10 Å². The SMILES string of the molecule is CCOc1ccc(CCCN)nn1. The molecular formula is C9H15N3O. The van der Waals surface area contributed by atoms with Crippen molar-refractivity contribution in [1.29, 1.82) is 0 Å². The Morgan fingerprint density at radius 1 is 1.38 bits per heavy atom. The quantitative estimate of drug-likeness (QED) is 0.728. The van der Waals surface area contributed by atoms with Crippen molar-refractivity contribution in [3.05, 3.63) is 17.8 Å². The highest BCUT2D eigenvalue weighted by Gasteiger charge is 1.96. The van der Waals surface area contributed by atoms with Crippen LogP contribution in [-0.2, 0) is 6.42 Å². The first-order chi connectivity index (χ1) is 6.36. The van der Waals surface area contributed by atoms with Gasteiger partial charge in [-0.1, -0.05) is 0 Å². The molecule has 0 aliphatic carbocycles. The molecule has 0 unspecified atom stereocenters. The van der Waals surface area contributed by atoms with Gasteiger partial charge in [-0.05, 0) is 32.4 Å². The Kier molecular flexibility index (Phi) is 4.18. The Hall–Kier alpha value is -1.16. The molecule has 0 radical (unpaired) electrons. The topological polar surface area (TPSA) is 61.0 Å². The van der Waals surface area contributed by atoms with Crippen molar-refractivity contribution in [3.8, 4) is 5.88 Å². The van der Waals surface area contributed by atoms with Gasteiger partial charge in [0, 0.05) is 6.07 Å². The second kappa shape index (κ2) is 5.48. The van der Waals surface area contributed by atoms with Crippen LogP contribution in [0.25, 0.3) is 0 Å². The Morgan fingerprint density at radius 2 is 2.23 bits per heavy atom. The highest BCUT2D eigenvalue weighted by molar-refractivity contribution is 5.11. The Balaban J connectivity index is 2.48. The largest absolute Gasteiger partial charge is 0.477 e. The molecule has 1 aromatic heterocycles. The average Bonchev–Trinajstić information content (AvgIpc) is 2.17. The van der Waals surface area contributed by atoms with Gasteiger partial charge in [-0.15, -0.1) is 5.10 Å². The van der Waals surface area contributed by atoms with E-state index in [4.69, 9.17) is 10.5 Å². The smallest absolute Gasteiger partial charge is 0.233 e. The molecule has 13 heavy (non-hydrogen) atoms. The molecular weight excluding hydrogens is 166 g/mol. The number of ether oxygens (including phenoxy) is 1. The van der Waals surface area contributed by atoms with Crippen LogP contribution in [0.4, 0.5) is 0 Å². The number of hydrogen-bond donors (Lipinski definition) is 1. The summed E-state index contributed by atoms with van der Waals surface area (Å²) in [6.07, 6.45) is 1.83. The lowest BCUT2D eigenvalue weighted by Gasteiger charge is -2.01. The van der Waals surface area contributed by atoms with Gasteiger partial charge in [0.05, 0.1) is 12.3 Å². The van der Waals surface area contributed by atoms with Crippen molar-refractivity contribution in [3.63, 3.8) is 0 Å². The standard InChI is InChI=1S/C9H15N3O/c1-2-13-9-6-5-8(11-12-9)4-3-7-10/h5-6H,2-4,7,10H2,1H3. The molecule has 0 aromatic carbocycles. The molecule has 0 saturated heterocycles. The van der Waals surface area contributed by atoms with Gasteiger partial charge < -0.3 is 10.5 Å². The summed E-state index contributed by atoms with van der Waals surface area (Å²) in [5, 5.41) is 7.91. The highest BCUT2D eigenvalue weighted by Crippen LogP contribution is 2.05. The maximum absolute atomic E-state index is 5.38. The van der Waals surface area contributed by atoms with E-state index < -0.39 is 0 Å². The number of nitrogens with two attached hydrogens (primary N) is 1. The zero-order chi connectivity index (χ0) is 9.52. The molecule has 72 valence electrons.